The van der Waals surface area contributed by atoms with Crippen molar-refractivity contribution in [2.75, 3.05) is 0 Å². The van der Waals surface area contributed by atoms with Crippen LogP contribution in [0.25, 0.3) is 0 Å². The van der Waals surface area contributed by atoms with Crippen molar-refractivity contribution in [1.29, 1.82) is 0 Å². The van der Waals surface area contributed by atoms with Crippen molar-refractivity contribution in [3.63, 3.8) is 0 Å². The van der Waals surface area contributed by atoms with Crippen LogP contribution in [-0.2, 0) is 22.7 Å². The van der Waals surface area contributed by atoms with Gasteiger partial charge in [0.05, 0.1) is 24.9 Å². The highest BCUT2D eigenvalue weighted by atomic mass is 16.5. The van der Waals surface area contributed by atoms with Crippen LogP contribution in [-0.4, -0.2) is 34.2 Å². The van der Waals surface area contributed by atoms with Crippen LogP contribution in [0.1, 0.15) is 30.9 Å². The fourth-order valence-electron chi connectivity index (χ4n) is 3.48. The lowest BCUT2D eigenvalue weighted by molar-refractivity contribution is -0.135. The Kier molecular flexibility index (Phi) is 5.84. The van der Waals surface area contributed by atoms with Crippen molar-refractivity contribution in [3.8, 4) is 0 Å². The monoisotopic (exact) mass is 339 g/mol. The summed E-state index contributed by atoms with van der Waals surface area (Å²) < 4.78 is 6.09. The zero-order chi connectivity index (χ0) is 17.6. The van der Waals surface area contributed by atoms with Gasteiger partial charge in [-0.1, -0.05) is 60.7 Å². The van der Waals surface area contributed by atoms with Crippen LogP contribution in [0.15, 0.2) is 60.7 Å². The summed E-state index contributed by atoms with van der Waals surface area (Å²) in [5.74, 6) is 0.0104. The molecule has 3 atom stereocenters. The molecule has 0 aliphatic heterocycles. The molecule has 0 heterocycles. The Bertz CT molecular complexity index is 674. The number of ether oxygens (including phenoxy) is 1. The Balaban J connectivity index is 1.70. The summed E-state index contributed by atoms with van der Waals surface area (Å²) in [5, 5.41) is 10.1. The largest absolute Gasteiger partial charge is 0.393 e. The summed E-state index contributed by atoms with van der Waals surface area (Å²) in [6, 6.07) is 19.8. The number of benzene rings is 2. The first-order chi connectivity index (χ1) is 12.1. The van der Waals surface area contributed by atoms with Gasteiger partial charge in [0.15, 0.2) is 0 Å². The molecule has 0 aromatic heterocycles. The molecule has 25 heavy (non-hydrogen) atoms. The van der Waals surface area contributed by atoms with Crippen LogP contribution in [0.2, 0.25) is 0 Å². The normalized spacial score (nSPS) is 22.7. The molecule has 2 aromatic carbocycles. The highest BCUT2D eigenvalue weighted by Gasteiger charge is 2.39. The maximum Gasteiger partial charge on any atom is 0.220 e. The van der Waals surface area contributed by atoms with Gasteiger partial charge in [0, 0.05) is 19.9 Å². The summed E-state index contributed by atoms with van der Waals surface area (Å²) in [4.78, 5) is 14.1. The minimum atomic E-state index is -0.427. The standard InChI is InChI=1S/C21H25NO3/c1-16(23)22(14-17-8-4-2-5-9-17)20-12-19(24)13-21(20)25-15-18-10-6-3-7-11-18/h2-11,19-21,24H,12-15H2,1H3. The fraction of sp³-hybridized carbons (Fsp3) is 0.381. The van der Waals surface area contributed by atoms with Gasteiger partial charge in [-0.15, -0.1) is 0 Å². The first-order valence-corrected chi connectivity index (χ1v) is 8.78. The molecule has 1 fully saturated rings. The Morgan fingerprint density at radius 1 is 1.04 bits per heavy atom. The average molecular weight is 339 g/mol. The summed E-state index contributed by atoms with van der Waals surface area (Å²) in [6.45, 7) is 2.62. The van der Waals surface area contributed by atoms with E-state index in [0.717, 1.165) is 11.1 Å². The Morgan fingerprint density at radius 2 is 1.64 bits per heavy atom. The lowest BCUT2D eigenvalue weighted by Gasteiger charge is -2.32. The number of amides is 1. The van der Waals surface area contributed by atoms with Gasteiger partial charge in [0.25, 0.3) is 0 Å². The maximum atomic E-state index is 12.3. The number of aliphatic hydroxyl groups is 1. The molecule has 3 unspecified atom stereocenters. The van der Waals surface area contributed by atoms with Gasteiger partial charge in [-0.25, -0.2) is 0 Å². The molecule has 1 aliphatic carbocycles. The van der Waals surface area contributed by atoms with Crippen molar-refractivity contribution in [2.45, 2.75) is 51.2 Å². The fourth-order valence-corrected chi connectivity index (χ4v) is 3.48. The predicted molar refractivity (Wildman–Crippen MR) is 96.7 cm³/mol. The molecule has 0 bridgehead atoms. The van der Waals surface area contributed by atoms with Crippen LogP contribution in [0.3, 0.4) is 0 Å². The molecule has 0 radical (unpaired) electrons. The van der Waals surface area contributed by atoms with Crippen molar-refractivity contribution in [2.24, 2.45) is 0 Å². The van der Waals surface area contributed by atoms with Crippen LogP contribution in [0, 0.1) is 0 Å². The van der Waals surface area contributed by atoms with E-state index in [1.807, 2.05) is 65.6 Å². The Labute approximate surface area is 149 Å². The first kappa shape index (κ1) is 17.6. The second-order valence-corrected chi connectivity index (χ2v) is 6.66. The predicted octanol–water partition coefficient (Wildman–Crippen LogP) is 3.14. The summed E-state index contributed by atoms with van der Waals surface area (Å²) in [5.41, 5.74) is 2.18. The lowest BCUT2D eigenvalue weighted by Crippen LogP contribution is -2.43. The molecule has 3 rings (SSSR count). The zero-order valence-electron chi connectivity index (χ0n) is 14.5. The Hall–Kier alpha value is -2.17. The quantitative estimate of drug-likeness (QED) is 0.879. The van der Waals surface area contributed by atoms with Gasteiger partial charge in [0.2, 0.25) is 5.91 Å². The average Bonchev–Trinajstić information content (AvgIpc) is 3.00. The topological polar surface area (TPSA) is 49.8 Å². The van der Waals surface area contributed by atoms with Crippen molar-refractivity contribution in [3.05, 3.63) is 71.8 Å². The summed E-state index contributed by atoms with van der Waals surface area (Å²) in [7, 11) is 0. The molecular formula is C21H25NO3. The van der Waals surface area contributed by atoms with Crippen LogP contribution >= 0.6 is 0 Å². The molecule has 1 N–H and O–H groups in total. The molecule has 1 aliphatic rings. The van der Waals surface area contributed by atoms with E-state index >= 15 is 0 Å². The third-order valence-electron chi connectivity index (χ3n) is 4.75. The molecule has 4 nitrogen and oxygen atoms in total. The van der Waals surface area contributed by atoms with Gasteiger partial charge < -0.3 is 14.7 Å². The highest BCUT2D eigenvalue weighted by molar-refractivity contribution is 5.73. The number of rotatable bonds is 6. The van der Waals surface area contributed by atoms with Crippen molar-refractivity contribution < 1.29 is 14.6 Å². The number of aliphatic hydroxyl groups excluding tert-OH is 1. The van der Waals surface area contributed by atoms with Crippen molar-refractivity contribution >= 4 is 5.91 Å². The molecular weight excluding hydrogens is 314 g/mol. The number of nitrogens with zero attached hydrogens (tertiary/aromatic N) is 1. The maximum absolute atomic E-state index is 12.3. The van der Waals surface area contributed by atoms with Gasteiger partial charge in [0.1, 0.15) is 0 Å². The molecule has 0 spiro atoms. The van der Waals surface area contributed by atoms with Gasteiger partial charge >= 0.3 is 0 Å². The number of carbonyl (C=O) groups excluding carboxylic acids is 1. The SMILES string of the molecule is CC(=O)N(Cc1ccccc1)C1CC(O)CC1OCc1ccccc1. The second kappa shape index (κ2) is 8.28. The molecule has 1 saturated carbocycles. The van der Waals surface area contributed by atoms with E-state index in [1.54, 1.807) is 6.92 Å². The molecule has 1 amide bonds. The lowest BCUT2D eigenvalue weighted by atomic mass is 10.1. The molecule has 2 aromatic rings. The van der Waals surface area contributed by atoms with Gasteiger partial charge in [-0.05, 0) is 17.5 Å². The van der Waals surface area contributed by atoms with E-state index in [9.17, 15) is 9.90 Å². The third kappa shape index (κ3) is 4.68. The minimum Gasteiger partial charge on any atom is -0.393 e. The van der Waals surface area contributed by atoms with Crippen LogP contribution in [0.5, 0.6) is 0 Å². The van der Waals surface area contributed by atoms with E-state index in [-0.39, 0.29) is 18.1 Å². The highest BCUT2D eigenvalue weighted by Crippen LogP contribution is 2.29. The molecule has 132 valence electrons. The number of hydrogen-bond donors (Lipinski definition) is 1. The first-order valence-electron chi connectivity index (χ1n) is 8.78. The third-order valence-corrected chi connectivity index (χ3v) is 4.75. The van der Waals surface area contributed by atoms with Gasteiger partial charge in [-0.3, -0.25) is 4.79 Å². The van der Waals surface area contributed by atoms with Crippen molar-refractivity contribution in [1.82, 2.24) is 4.90 Å². The van der Waals surface area contributed by atoms with E-state index < -0.39 is 6.10 Å². The van der Waals surface area contributed by atoms with Gasteiger partial charge in [-0.2, -0.15) is 0 Å². The zero-order valence-corrected chi connectivity index (χ0v) is 14.5. The van der Waals surface area contributed by atoms with Crippen LogP contribution in [0.4, 0.5) is 0 Å². The molecule has 0 saturated heterocycles. The number of carbonyl (C=O) groups is 1. The number of hydrogen-bond acceptors (Lipinski definition) is 3. The second-order valence-electron chi connectivity index (χ2n) is 6.66. The smallest absolute Gasteiger partial charge is 0.220 e. The minimum absolute atomic E-state index is 0.0104. The van der Waals surface area contributed by atoms with E-state index in [4.69, 9.17) is 4.74 Å². The van der Waals surface area contributed by atoms with E-state index in [1.165, 1.54) is 0 Å². The van der Waals surface area contributed by atoms with E-state index in [2.05, 4.69) is 0 Å². The van der Waals surface area contributed by atoms with Crippen LogP contribution < -0.4 is 0 Å². The molecule has 4 heteroatoms. The Morgan fingerprint density at radius 3 is 2.24 bits per heavy atom. The van der Waals surface area contributed by atoms with E-state index in [0.29, 0.717) is 26.0 Å². The summed E-state index contributed by atoms with van der Waals surface area (Å²) >= 11 is 0. The summed E-state index contributed by atoms with van der Waals surface area (Å²) in [6.07, 6.45) is 0.549.